The molecule has 180 valence electrons. The third-order valence-corrected chi connectivity index (χ3v) is 5.76. The van der Waals surface area contributed by atoms with Crippen molar-refractivity contribution in [1.82, 2.24) is 0 Å². The molecule has 0 radical (unpaired) electrons. The van der Waals surface area contributed by atoms with Gasteiger partial charge in [-0.1, -0.05) is 23.8 Å². The van der Waals surface area contributed by atoms with Crippen LogP contribution < -0.4 is 19.5 Å². The fraction of sp³-hybridized carbons (Fsp3) is 0.207. The highest BCUT2D eigenvalue weighted by atomic mass is 16.5. The van der Waals surface area contributed by atoms with Gasteiger partial charge in [-0.05, 0) is 62.2 Å². The van der Waals surface area contributed by atoms with Crippen LogP contribution in [-0.4, -0.2) is 26.7 Å². The zero-order valence-electron chi connectivity index (χ0n) is 20.6. The van der Waals surface area contributed by atoms with Gasteiger partial charge in [0, 0.05) is 34.3 Å². The lowest BCUT2D eigenvalue weighted by Gasteiger charge is -2.12. The second-order valence-electron chi connectivity index (χ2n) is 8.18. The first-order valence-electron chi connectivity index (χ1n) is 11.4. The molecule has 0 aliphatic rings. The summed E-state index contributed by atoms with van der Waals surface area (Å²) >= 11 is 0. The van der Waals surface area contributed by atoms with Crippen molar-refractivity contribution in [2.75, 3.05) is 26.1 Å². The van der Waals surface area contributed by atoms with Crippen LogP contribution >= 0.6 is 0 Å². The first-order valence-corrected chi connectivity index (χ1v) is 11.4. The maximum atomic E-state index is 12.7. The average molecular weight is 472 g/mol. The number of fused-ring (bicyclic) bond motifs is 1. The van der Waals surface area contributed by atoms with Crippen LogP contribution in [0.2, 0.25) is 0 Å². The number of furan rings is 1. The highest BCUT2D eigenvalue weighted by Gasteiger charge is 2.16. The minimum Gasteiger partial charge on any atom is -0.493 e. The minimum atomic E-state index is -0.207. The molecule has 1 N–H and O–H groups in total. The molecule has 0 aliphatic carbocycles. The van der Waals surface area contributed by atoms with Gasteiger partial charge in [0.15, 0.2) is 11.5 Å². The number of benzene rings is 3. The van der Waals surface area contributed by atoms with E-state index in [9.17, 15) is 4.79 Å². The first kappa shape index (κ1) is 24.0. The third kappa shape index (κ3) is 5.17. The lowest BCUT2D eigenvalue weighted by atomic mass is 9.99. The van der Waals surface area contributed by atoms with Crippen molar-refractivity contribution in [3.8, 4) is 28.4 Å². The van der Waals surface area contributed by atoms with Gasteiger partial charge >= 0.3 is 0 Å². The van der Waals surface area contributed by atoms with E-state index in [0.29, 0.717) is 29.4 Å². The molecule has 6 nitrogen and oxygen atoms in total. The molecule has 3 aromatic carbocycles. The van der Waals surface area contributed by atoms with Gasteiger partial charge in [-0.25, -0.2) is 0 Å². The Labute approximate surface area is 205 Å². The number of amides is 1. The van der Waals surface area contributed by atoms with Crippen LogP contribution in [0.3, 0.4) is 0 Å². The van der Waals surface area contributed by atoms with Gasteiger partial charge in [0.25, 0.3) is 0 Å². The molecular weight excluding hydrogens is 442 g/mol. The molecular formula is C29H29NO5. The fourth-order valence-corrected chi connectivity index (χ4v) is 3.96. The standard InChI is InChI=1S/C29H29NO5/c1-6-34-26-16-27-23(24(17-35-27)20-9-12-25(32-4)28(14-20)33-5)15-22(26)19(3)13-29(31)30-21-10-7-18(2)8-11-21/h7-17H,6H2,1-5H3,(H,30,31)/b19-13+. The Kier molecular flexibility index (Phi) is 7.11. The molecule has 1 amide bonds. The number of carbonyl (C=O) groups is 1. The molecule has 0 saturated heterocycles. The van der Waals surface area contributed by atoms with E-state index in [1.165, 1.54) is 0 Å². The van der Waals surface area contributed by atoms with E-state index in [4.69, 9.17) is 18.6 Å². The van der Waals surface area contributed by atoms with Gasteiger partial charge < -0.3 is 23.9 Å². The Morgan fingerprint density at radius 2 is 1.71 bits per heavy atom. The maximum absolute atomic E-state index is 12.7. The van der Waals surface area contributed by atoms with Gasteiger partial charge in [-0.2, -0.15) is 0 Å². The van der Waals surface area contributed by atoms with Crippen LogP contribution in [0.25, 0.3) is 27.7 Å². The average Bonchev–Trinajstić information content (AvgIpc) is 3.27. The third-order valence-electron chi connectivity index (χ3n) is 5.76. The van der Waals surface area contributed by atoms with Crippen molar-refractivity contribution in [3.05, 3.63) is 78.1 Å². The summed E-state index contributed by atoms with van der Waals surface area (Å²) in [5, 5.41) is 3.82. The number of allylic oxidation sites excluding steroid dienone is 1. The summed E-state index contributed by atoms with van der Waals surface area (Å²) < 4.78 is 22.6. The van der Waals surface area contributed by atoms with E-state index >= 15 is 0 Å². The predicted molar refractivity (Wildman–Crippen MR) is 139 cm³/mol. The zero-order chi connectivity index (χ0) is 24.9. The molecule has 0 bridgehead atoms. The Bertz CT molecular complexity index is 1380. The molecule has 1 aromatic heterocycles. The highest BCUT2D eigenvalue weighted by molar-refractivity contribution is 6.05. The summed E-state index contributed by atoms with van der Waals surface area (Å²) in [6.45, 7) is 6.32. The summed E-state index contributed by atoms with van der Waals surface area (Å²) in [5.41, 5.74) is 6.00. The number of hydrogen-bond donors (Lipinski definition) is 1. The molecule has 35 heavy (non-hydrogen) atoms. The van der Waals surface area contributed by atoms with Crippen molar-refractivity contribution in [3.63, 3.8) is 0 Å². The highest BCUT2D eigenvalue weighted by Crippen LogP contribution is 2.40. The van der Waals surface area contributed by atoms with Gasteiger partial charge in [0.1, 0.15) is 11.3 Å². The largest absolute Gasteiger partial charge is 0.493 e. The first-order chi connectivity index (χ1) is 16.9. The van der Waals surface area contributed by atoms with E-state index in [1.54, 1.807) is 26.6 Å². The number of anilines is 1. The van der Waals surface area contributed by atoms with E-state index in [2.05, 4.69) is 5.32 Å². The number of rotatable bonds is 8. The molecule has 4 aromatic rings. The van der Waals surface area contributed by atoms with Crippen LogP contribution in [-0.2, 0) is 4.79 Å². The van der Waals surface area contributed by atoms with Gasteiger partial charge in [0.05, 0.1) is 27.1 Å². The second-order valence-corrected chi connectivity index (χ2v) is 8.18. The Morgan fingerprint density at radius 1 is 0.971 bits per heavy atom. The monoisotopic (exact) mass is 471 g/mol. The number of hydrogen-bond acceptors (Lipinski definition) is 5. The van der Waals surface area contributed by atoms with Crippen molar-refractivity contribution >= 4 is 28.1 Å². The number of ether oxygens (including phenoxy) is 3. The smallest absolute Gasteiger partial charge is 0.248 e. The lowest BCUT2D eigenvalue weighted by molar-refractivity contribution is -0.111. The van der Waals surface area contributed by atoms with Crippen LogP contribution in [0.1, 0.15) is 25.0 Å². The number of methoxy groups -OCH3 is 2. The number of nitrogens with one attached hydrogen (secondary N) is 1. The van der Waals surface area contributed by atoms with Gasteiger partial charge in [-0.15, -0.1) is 0 Å². The van der Waals surface area contributed by atoms with E-state index in [-0.39, 0.29) is 5.91 Å². The van der Waals surface area contributed by atoms with E-state index in [0.717, 1.165) is 38.9 Å². The molecule has 0 fully saturated rings. The SMILES string of the molecule is CCOc1cc2occ(-c3ccc(OC)c(OC)c3)c2cc1/C(C)=C/C(=O)Nc1ccc(C)cc1. The Balaban J connectivity index is 1.73. The van der Waals surface area contributed by atoms with E-state index < -0.39 is 0 Å². The zero-order valence-corrected chi connectivity index (χ0v) is 20.6. The van der Waals surface area contributed by atoms with Crippen molar-refractivity contribution in [1.29, 1.82) is 0 Å². The minimum absolute atomic E-state index is 0.207. The van der Waals surface area contributed by atoms with Crippen LogP contribution in [0.15, 0.2) is 71.4 Å². The number of carbonyl (C=O) groups excluding carboxylic acids is 1. The summed E-state index contributed by atoms with van der Waals surface area (Å²) in [7, 11) is 3.22. The molecule has 1 heterocycles. The van der Waals surface area contributed by atoms with Gasteiger partial charge in [0.2, 0.25) is 5.91 Å². The summed E-state index contributed by atoms with van der Waals surface area (Å²) in [5.74, 6) is 1.74. The molecule has 0 aliphatic heterocycles. The fourth-order valence-electron chi connectivity index (χ4n) is 3.96. The molecule has 4 rings (SSSR count). The number of aryl methyl sites for hydroxylation is 1. The van der Waals surface area contributed by atoms with E-state index in [1.807, 2.05) is 75.4 Å². The van der Waals surface area contributed by atoms with Crippen LogP contribution in [0.4, 0.5) is 5.69 Å². The molecule has 6 heteroatoms. The molecule has 0 atom stereocenters. The van der Waals surface area contributed by atoms with Crippen molar-refractivity contribution in [2.24, 2.45) is 0 Å². The lowest BCUT2D eigenvalue weighted by Crippen LogP contribution is -2.08. The summed E-state index contributed by atoms with van der Waals surface area (Å²) in [6.07, 6.45) is 3.30. The summed E-state index contributed by atoms with van der Waals surface area (Å²) in [4.78, 5) is 12.7. The van der Waals surface area contributed by atoms with Crippen LogP contribution in [0, 0.1) is 6.92 Å². The topological polar surface area (TPSA) is 69.9 Å². The van der Waals surface area contributed by atoms with Crippen LogP contribution in [0.5, 0.6) is 17.2 Å². The Morgan fingerprint density at radius 3 is 2.40 bits per heavy atom. The van der Waals surface area contributed by atoms with Gasteiger partial charge in [-0.3, -0.25) is 4.79 Å². The van der Waals surface area contributed by atoms with Crippen molar-refractivity contribution < 1.29 is 23.4 Å². The second kappa shape index (κ2) is 10.4. The Hall–Kier alpha value is -4.19. The molecule has 0 unspecified atom stereocenters. The normalized spacial score (nSPS) is 11.4. The maximum Gasteiger partial charge on any atom is 0.248 e. The predicted octanol–water partition coefficient (Wildman–Crippen LogP) is 6.87. The molecule has 0 spiro atoms. The molecule has 0 saturated carbocycles. The summed E-state index contributed by atoms with van der Waals surface area (Å²) in [6, 6.07) is 17.3. The van der Waals surface area contributed by atoms with Crippen molar-refractivity contribution in [2.45, 2.75) is 20.8 Å². The quantitative estimate of drug-likeness (QED) is 0.284.